The van der Waals surface area contributed by atoms with E-state index in [4.69, 9.17) is 0 Å². The van der Waals surface area contributed by atoms with Crippen LogP contribution in [0, 0.1) is 5.82 Å². The van der Waals surface area contributed by atoms with E-state index in [0.717, 1.165) is 25.3 Å². The van der Waals surface area contributed by atoms with Crippen LogP contribution in [0.4, 0.5) is 4.39 Å². The number of amides is 1. The van der Waals surface area contributed by atoms with Gasteiger partial charge in [0.15, 0.2) is 0 Å². The van der Waals surface area contributed by atoms with E-state index in [2.05, 4.69) is 15.9 Å². The normalized spacial score (nSPS) is 17.3. The summed E-state index contributed by atoms with van der Waals surface area (Å²) in [5, 5.41) is 9.60. The number of hydrogen-bond acceptors (Lipinski definition) is 2. The highest BCUT2D eigenvalue weighted by Crippen LogP contribution is 2.35. The molecule has 2 rings (SSSR count). The summed E-state index contributed by atoms with van der Waals surface area (Å²) in [6.45, 7) is 0. The molecule has 1 fully saturated rings. The van der Waals surface area contributed by atoms with Crippen molar-refractivity contribution in [3.8, 4) is 0 Å². The fraction of sp³-hybridized carbons (Fsp3) is 0.467. The van der Waals surface area contributed by atoms with Gasteiger partial charge in [0.25, 0.3) is 5.91 Å². The number of carbonyl (C=O) groups excluding carboxylic acids is 1. The van der Waals surface area contributed by atoms with Gasteiger partial charge < -0.3 is 10.0 Å². The largest absolute Gasteiger partial charge is 0.479 e. The van der Waals surface area contributed by atoms with Crippen molar-refractivity contribution in [3.05, 3.63) is 34.1 Å². The number of rotatable bonds is 3. The van der Waals surface area contributed by atoms with Crippen molar-refractivity contribution in [2.24, 2.45) is 0 Å². The molecule has 0 bridgehead atoms. The van der Waals surface area contributed by atoms with Gasteiger partial charge in [-0.2, -0.15) is 0 Å². The maximum absolute atomic E-state index is 13.4. The number of benzene rings is 1. The first-order valence-electron chi connectivity index (χ1n) is 6.85. The van der Waals surface area contributed by atoms with Gasteiger partial charge >= 0.3 is 5.97 Å². The lowest BCUT2D eigenvalue weighted by molar-refractivity contribution is -0.151. The number of carboxylic acid groups (broad SMARTS) is 1. The van der Waals surface area contributed by atoms with Crippen LogP contribution in [0.25, 0.3) is 0 Å². The molecule has 114 valence electrons. The number of hydrogen-bond donors (Lipinski definition) is 1. The van der Waals surface area contributed by atoms with Crippen LogP contribution in [-0.4, -0.2) is 34.5 Å². The lowest BCUT2D eigenvalue weighted by atomic mass is 9.80. The molecule has 0 spiro atoms. The minimum atomic E-state index is -1.19. The van der Waals surface area contributed by atoms with Gasteiger partial charge in [-0.25, -0.2) is 9.18 Å². The quantitative estimate of drug-likeness (QED) is 0.901. The molecule has 0 aliphatic heterocycles. The van der Waals surface area contributed by atoms with Gasteiger partial charge in [-0.3, -0.25) is 4.79 Å². The number of carbonyl (C=O) groups is 2. The Morgan fingerprint density at radius 1 is 1.29 bits per heavy atom. The van der Waals surface area contributed by atoms with Crippen molar-refractivity contribution in [1.29, 1.82) is 0 Å². The highest BCUT2D eigenvalue weighted by atomic mass is 79.9. The first-order chi connectivity index (χ1) is 9.88. The Morgan fingerprint density at radius 3 is 2.48 bits per heavy atom. The molecule has 0 aromatic heterocycles. The van der Waals surface area contributed by atoms with Gasteiger partial charge in [0.05, 0.1) is 5.56 Å². The topological polar surface area (TPSA) is 57.6 Å². The fourth-order valence-corrected chi connectivity index (χ4v) is 3.28. The number of nitrogens with zero attached hydrogens (tertiary/aromatic N) is 1. The van der Waals surface area contributed by atoms with Gasteiger partial charge in [0.1, 0.15) is 11.4 Å². The lowest BCUT2D eigenvalue weighted by Gasteiger charge is -2.41. The number of aliphatic carboxylic acids is 1. The van der Waals surface area contributed by atoms with Crippen LogP contribution < -0.4 is 0 Å². The van der Waals surface area contributed by atoms with Crippen molar-refractivity contribution >= 4 is 27.8 Å². The molecule has 1 aromatic rings. The van der Waals surface area contributed by atoms with Gasteiger partial charge in [0.2, 0.25) is 0 Å². The summed E-state index contributed by atoms with van der Waals surface area (Å²) >= 11 is 3.22. The molecule has 1 aliphatic carbocycles. The predicted octanol–water partition coefficient (Wildman–Crippen LogP) is 3.45. The second-order valence-corrected chi connectivity index (χ2v) is 6.24. The average molecular weight is 358 g/mol. The van der Waals surface area contributed by atoms with E-state index in [1.165, 1.54) is 24.1 Å². The molecule has 0 unspecified atom stereocenters. The van der Waals surface area contributed by atoms with Gasteiger partial charge in [-0.05, 0) is 47.0 Å². The van der Waals surface area contributed by atoms with Gasteiger partial charge in [0, 0.05) is 11.5 Å². The zero-order valence-electron chi connectivity index (χ0n) is 11.7. The highest BCUT2D eigenvalue weighted by molar-refractivity contribution is 9.10. The third-order valence-electron chi connectivity index (χ3n) is 4.18. The Kier molecular flexibility index (Phi) is 4.66. The van der Waals surface area contributed by atoms with E-state index in [0.29, 0.717) is 17.3 Å². The van der Waals surface area contributed by atoms with Crippen molar-refractivity contribution in [2.75, 3.05) is 7.05 Å². The van der Waals surface area contributed by atoms with E-state index in [1.54, 1.807) is 0 Å². The molecule has 0 heterocycles. The molecule has 1 N–H and O–H groups in total. The first kappa shape index (κ1) is 15.9. The molecule has 0 saturated heterocycles. The van der Waals surface area contributed by atoms with Crippen molar-refractivity contribution in [1.82, 2.24) is 4.90 Å². The molecule has 1 saturated carbocycles. The Morgan fingerprint density at radius 2 is 1.90 bits per heavy atom. The molecule has 4 nitrogen and oxygen atoms in total. The Balaban J connectivity index is 2.36. The predicted molar refractivity (Wildman–Crippen MR) is 79.6 cm³/mol. The van der Waals surface area contributed by atoms with Crippen LogP contribution in [0.15, 0.2) is 22.7 Å². The van der Waals surface area contributed by atoms with Crippen LogP contribution in [0.5, 0.6) is 0 Å². The summed E-state index contributed by atoms with van der Waals surface area (Å²) < 4.78 is 13.8. The summed E-state index contributed by atoms with van der Waals surface area (Å²) in [6, 6.07) is 3.82. The van der Waals surface area contributed by atoms with Gasteiger partial charge in [-0.15, -0.1) is 0 Å². The Hall–Kier alpha value is -1.43. The minimum absolute atomic E-state index is 0.142. The molecule has 6 heteroatoms. The maximum Gasteiger partial charge on any atom is 0.329 e. The fourth-order valence-electron chi connectivity index (χ4n) is 2.87. The molecule has 0 atom stereocenters. The van der Waals surface area contributed by atoms with E-state index in [-0.39, 0.29) is 5.56 Å². The molecule has 21 heavy (non-hydrogen) atoms. The zero-order chi connectivity index (χ0) is 15.6. The van der Waals surface area contributed by atoms with Crippen LogP contribution in [0.1, 0.15) is 42.5 Å². The molecular weight excluding hydrogens is 341 g/mol. The van der Waals surface area contributed by atoms with Crippen LogP contribution in [0.2, 0.25) is 0 Å². The standard InChI is InChI=1S/C15H17BrFNO3/c1-18(15(14(20)21)7-3-2-4-8-15)13(19)11-9-10(17)5-6-12(11)16/h5-6,9H,2-4,7-8H2,1H3,(H,20,21). The van der Waals surface area contributed by atoms with E-state index in [1.807, 2.05) is 0 Å². The molecule has 1 aliphatic rings. The summed E-state index contributed by atoms with van der Waals surface area (Å²) in [4.78, 5) is 25.6. The summed E-state index contributed by atoms with van der Waals surface area (Å²) in [5.74, 6) is -2.00. The Labute approximate surface area is 131 Å². The minimum Gasteiger partial charge on any atom is -0.479 e. The van der Waals surface area contributed by atoms with E-state index < -0.39 is 23.2 Å². The monoisotopic (exact) mass is 357 g/mol. The number of halogens is 2. The number of carboxylic acids is 1. The molecular formula is C15H17BrFNO3. The van der Waals surface area contributed by atoms with Crippen molar-refractivity contribution in [2.45, 2.75) is 37.6 Å². The van der Waals surface area contributed by atoms with Crippen LogP contribution >= 0.6 is 15.9 Å². The summed E-state index contributed by atoms with van der Waals surface area (Å²) in [7, 11) is 1.49. The van der Waals surface area contributed by atoms with E-state index in [9.17, 15) is 19.1 Å². The maximum atomic E-state index is 13.4. The van der Waals surface area contributed by atoms with Crippen molar-refractivity contribution in [3.63, 3.8) is 0 Å². The van der Waals surface area contributed by atoms with Crippen molar-refractivity contribution < 1.29 is 19.1 Å². The summed E-state index contributed by atoms with van der Waals surface area (Å²) in [6.07, 6.45) is 3.37. The lowest BCUT2D eigenvalue weighted by Crippen LogP contribution is -2.56. The van der Waals surface area contributed by atoms with Gasteiger partial charge in [-0.1, -0.05) is 19.3 Å². The second-order valence-electron chi connectivity index (χ2n) is 5.39. The third kappa shape index (κ3) is 2.95. The van der Waals surface area contributed by atoms with Crippen LogP contribution in [-0.2, 0) is 4.79 Å². The first-order valence-corrected chi connectivity index (χ1v) is 7.64. The summed E-state index contributed by atoms with van der Waals surface area (Å²) in [5.41, 5.74) is -1.05. The molecule has 0 radical (unpaired) electrons. The smallest absolute Gasteiger partial charge is 0.329 e. The number of likely N-dealkylation sites (N-methyl/N-ethyl adjacent to an activating group) is 1. The third-order valence-corrected chi connectivity index (χ3v) is 4.88. The van der Waals surface area contributed by atoms with Crippen LogP contribution in [0.3, 0.4) is 0 Å². The SMILES string of the molecule is CN(C(=O)c1cc(F)ccc1Br)C1(C(=O)O)CCCCC1. The van der Waals surface area contributed by atoms with E-state index >= 15 is 0 Å². The average Bonchev–Trinajstić information content (AvgIpc) is 2.48. The molecule has 1 amide bonds. The second kappa shape index (κ2) is 6.13. The Bertz CT molecular complexity index is 570. The molecule has 1 aromatic carbocycles. The highest BCUT2D eigenvalue weighted by Gasteiger charge is 2.45. The zero-order valence-corrected chi connectivity index (χ0v) is 13.3.